The molecule has 0 saturated carbocycles. The second kappa shape index (κ2) is 7.10. The largest absolute Gasteiger partial charge is 0.480 e. The van der Waals surface area contributed by atoms with Gasteiger partial charge in [0.1, 0.15) is 11.3 Å². The average Bonchev–Trinajstić information content (AvgIpc) is 3.36. The third-order valence-electron chi connectivity index (χ3n) is 5.15. The molecule has 4 rings (SSSR count). The van der Waals surface area contributed by atoms with Crippen LogP contribution in [0.15, 0.2) is 32.3 Å². The molecule has 1 aromatic carbocycles. The summed E-state index contributed by atoms with van der Waals surface area (Å²) >= 11 is 0. The number of benzene rings is 1. The summed E-state index contributed by atoms with van der Waals surface area (Å²) in [5.74, 6) is 0.711. The van der Waals surface area contributed by atoms with E-state index in [0.29, 0.717) is 22.7 Å². The van der Waals surface area contributed by atoms with Crippen molar-refractivity contribution in [3.8, 4) is 5.75 Å². The monoisotopic (exact) mass is 383 g/mol. The number of aromatic nitrogens is 2. The lowest BCUT2D eigenvalue weighted by atomic mass is 10.0. The fraction of sp³-hybridized carbons (Fsp3) is 0.400. The number of ether oxygens (including phenoxy) is 1. The molecule has 146 valence electrons. The molecule has 1 aliphatic carbocycles. The molecule has 1 atom stereocenters. The van der Waals surface area contributed by atoms with Gasteiger partial charge in [0, 0.05) is 23.6 Å². The fourth-order valence-corrected chi connectivity index (χ4v) is 3.69. The Morgan fingerprint density at radius 3 is 2.86 bits per heavy atom. The molecule has 28 heavy (non-hydrogen) atoms. The third kappa shape index (κ3) is 3.15. The van der Waals surface area contributed by atoms with Gasteiger partial charge in [0.25, 0.3) is 5.91 Å². The number of rotatable bonds is 5. The molecule has 1 aliphatic rings. The van der Waals surface area contributed by atoms with Crippen LogP contribution in [0.2, 0.25) is 0 Å². The predicted octanol–water partition coefficient (Wildman–Crippen LogP) is 2.40. The lowest BCUT2D eigenvalue weighted by Crippen LogP contribution is -2.37. The van der Waals surface area contributed by atoms with Gasteiger partial charge in [-0.15, -0.1) is 0 Å². The summed E-state index contributed by atoms with van der Waals surface area (Å²) in [7, 11) is 1.65. The number of hydrogen-bond donors (Lipinski definition) is 0. The number of likely N-dealkylation sites (N-methyl/N-ethyl adjacent to an activating group) is 1. The van der Waals surface area contributed by atoms with Gasteiger partial charge >= 0.3 is 5.63 Å². The fourth-order valence-electron chi connectivity index (χ4n) is 3.69. The van der Waals surface area contributed by atoms with Crippen molar-refractivity contribution in [1.29, 1.82) is 0 Å². The van der Waals surface area contributed by atoms with Crippen LogP contribution in [0.3, 0.4) is 0 Å². The number of hydrogen-bond acceptors (Lipinski definition) is 7. The highest BCUT2D eigenvalue weighted by Crippen LogP contribution is 2.33. The van der Waals surface area contributed by atoms with Crippen LogP contribution in [0.5, 0.6) is 5.75 Å². The SMILES string of the molecule is Cc1c(OC(C)C(=O)N(C)Cc2ncon2)ccc2c3c(c(=O)oc12)CCC3. The molecule has 0 bridgehead atoms. The Bertz CT molecular complexity index is 1090. The van der Waals surface area contributed by atoms with E-state index in [1.165, 1.54) is 11.3 Å². The molecule has 8 heteroatoms. The Morgan fingerprint density at radius 1 is 1.32 bits per heavy atom. The molecular formula is C20H21N3O5. The Balaban J connectivity index is 1.57. The maximum absolute atomic E-state index is 12.6. The zero-order chi connectivity index (χ0) is 19.8. The van der Waals surface area contributed by atoms with E-state index in [1.54, 1.807) is 14.0 Å². The summed E-state index contributed by atoms with van der Waals surface area (Å²) in [6.07, 6.45) is 3.11. The number of fused-ring (bicyclic) bond motifs is 3. The van der Waals surface area contributed by atoms with Crippen molar-refractivity contribution in [1.82, 2.24) is 15.0 Å². The molecule has 0 N–H and O–H groups in total. The number of carbonyl (C=O) groups is 1. The molecular weight excluding hydrogens is 362 g/mol. The van der Waals surface area contributed by atoms with Crippen molar-refractivity contribution in [3.05, 3.63) is 51.5 Å². The topological polar surface area (TPSA) is 98.7 Å². The van der Waals surface area contributed by atoms with Gasteiger partial charge < -0.3 is 18.6 Å². The highest BCUT2D eigenvalue weighted by Gasteiger charge is 2.24. The molecule has 1 amide bonds. The maximum Gasteiger partial charge on any atom is 0.339 e. The summed E-state index contributed by atoms with van der Waals surface area (Å²) in [5.41, 5.74) is 2.83. The Labute approximate surface area is 161 Å². The van der Waals surface area contributed by atoms with Gasteiger partial charge in [0.15, 0.2) is 11.9 Å². The van der Waals surface area contributed by atoms with E-state index in [-0.39, 0.29) is 18.1 Å². The zero-order valence-corrected chi connectivity index (χ0v) is 16.0. The van der Waals surface area contributed by atoms with Gasteiger partial charge in [-0.05, 0) is 50.8 Å². The molecule has 0 spiro atoms. The molecule has 0 aliphatic heterocycles. The van der Waals surface area contributed by atoms with Gasteiger partial charge in [0.05, 0.1) is 6.54 Å². The molecule has 0 saturated heterocycles. The van der Waals surface area contributed by atoms with Crippen LogP contribution >= 0.6 is 0 Å². The van der Waals surface area contributed by atoms with Gasteiger partial charge in [-0.2, -0.15) is 4.98 Å². The molecule has 1 unspecified atom stereocenters. The van der Waals surface area contributed by atoms with Gasteiger partial charge in [-0.3, -0.25) is 4.79 Å². The first-order valence-corrected chi connectivity index (χ1v) is 9.20. The standard InChI is InChI=1S/C20H21N3O5/c1-11-16(27-12(2)19(24)23(3)9-17-21-10-26-22-17)8-7-14-13-5-4-6-15(13)20(25)28-18(11)14/h7-8,10,12H,4-6,9H2,1-3H3. The Kier molecular flexibility index (Phi) is 4.62. The number of amides is 1. The van der Waals surface area contributed by atoms with Crippen LogP contribution in [0.25, 0.3) is 11.0 Å². The summed E-state index contributed by atoms with van der Waals surface area (Å²) in [6.45, 7) is 3.74. The number of nitrogens with zero attached hydrogens (tertiary/aromatic N) is 3. The zero-order valence-electron chi connectivity index (χ0n) is 16.0. The molecule has 0 radical (unpaired) electrons. The number of carbonyl (C=O) groups excluding carboxylic acids is 1. The average molecular weight is 383 g/mol. The van der Waals surface area contributed by atoms with Crippen molar-refractivity contribution < 1.29 is 18.5 Å². The van der Waals surface area contributed by atoms with Crippen LogP contribution < -0.4 is 10.4 Å². The summed E-state index contributed by atoms with van der Waals surface area (Å²) in [4.78, 5) is 30.3. The van der Waals surface area contributed by atoms with Gasteiger partial charge in [0.2, 0.25) is 6.39 Å². The molecule has 2 heterocycles. The maximum atomic E-state index is 12.6. The molecule has 2 aromatic heterocycles. The van der Waals surface area contributed by atoms with Crippen molar-refractivity contribution in [2.45, 2.75) is 45.8 Å². The van der Waals surface area contributed by atoms with Crippen molar-refractivity contribution in [2.75, 3.05) is 7.05 Å². The lowest BCUT2D eigenvalue weighted by Gasteiger charge is -2.22. The van der Waals surface area contributed by atoms with Crippen LogP contribution in [0.4, 0.5) is 0 Å². The van der Waals surface area contributed by atoms with Crippen LogP contribution in [-0.4, -0.2) is 34.1 Å². The number of aryl methyl sites for hydroxylation is 2. The predicted molar refractivity (Wildman–Crippen MR) is 100 cm³/mol. The smallest absolute Gasteiger partial charge is 0.339 e. The first-order chi connectivity index (χ1) is 13.5. The lowest BCUT2D eigenvalue weighted by molar-refractivity contribution is -0.137. The van der Waals surface area contributed by atoms with E-state index in [4.69, 9.17) is 9.15 Å². The quantitative estimate of drug-likeness (QED) is 0.624. The Morgan fingerprint density at radius 2 is 2.11 bits per heavy atom. The highest BCUT2D eigenvalue weighted by molar-refractivity contribution is 5.86. The summed E-state index contributed by atoms with van der Waals surface area (Å²) in [6, 6.07) is 3.74. The van der Waals surface area contributed by atoms with E-state index < -0.39 is 6.10 Å². The van der Waals surface area contributed by atoms with E-state index in [9.17, 15) is 9.59 Å². The molecule has 8 nitrogen and oxygen atoms in total. The minimum Gasteiger partial charge on any atom is -0.480 e. The van der Waals surface area contributed by atoms with E-state index >= 15 is 0 Å². The summed E-state index contributed by atoms with van der Waals surface area (Å²) in [5, 5.41) is 4.65. The minimum atomic E-state index is -0.728. The van der Waals surface area contributed by atoms with Crippen LogP contribution in [0, 0.1) is 6.92 Å². The normalized spacial score (nSPS) is 14.1. The van der Waals surface area contributed by atoms with Crippen molar-refractivity contribution >= 4 is 16.9 Å². The first kappa shape index (κ1) is 18.2. The van der Waals surface area contributed by atoms with E-state index in [2.05, 4.69) is 14.7 Å². The van der Waals surface area contributed by atoms with E-state index in [0.717, 1.165) is 35.8 Å². The van der Waals surface area contributed by atoms with Crippen LogP contribution in [-0.2, 0) is 24.2 Å². The van der Waals surface area contributed by atoms with Crippen LogP contribution in [0.1, 0.15) is 35.9 Å². The minimum absolute atomic E-state index is 0.222. The highest BCUT2D eigenvalue weighted by atomic mass is 16.5. The molecule has 0 fully saturated rings. The second-order valence-corrected chi connectivity index (χ2v) is 7.07. The summed E-state index contributed by atoms with van der Waals surface area (Å²) < 4.78 is 16.2. The molecule has 3 aromatic rings. The third-order valence-corrected chi connectivity index (χ3v) is 5.15. The van der Waals surface area contributed by atoms with Crippen molar-refractivity contribution in [3.63, 3.8) is 0 Å². The first-order valence-electron chi connectivity index (χ1n) is 9.20. The van der Waals surface area contributed by atoms with Gasteiger partial charge in [-0.1, -0.05) is 5.16 Å². The Hall–Kier alpha value is -3.16. The van der Waals surface area contributed by atoms with E-state index in [1.807, 2.05) is 19.1 Å². The second-order valence-electron chi connectivity index (χ2n) is 7.07. The van der Waals surface area contributed by atoms with Crippen molar-refractivity contribution in [2.24, 2.45) is 0 Å². The van der Waals surface area contributed by atoms with Gasteiger partial charge in [-0.25, -0.2) is 4.79 Å².